The first-order chi connectivity index (χ1) is 8.69. The van der Waals surface area contributed by atoms with Crippen molar-refractivity contribution in [2.45, 2.75) is 26.7 Å². The molecule has 0 amide bonds. The molecule has 0 fully saturated rings. The van der Waals surface area contributed by atoms with E-state index < -0.39 is 0 Å². The van der Waals surface area contributed by atoms with Gasteiger partial charge in [-0.05, 0) is 37.1 Å². The second-order valence-corrected chi connectivity index (χ2v) is 4.13. The molecule has 2 rings (SSSR count). The quantitative estimate of drug-likeness (QED) is 0.838. The van der Waals surface area contributed by atoms with Gasteiger partial charge in [-0.15, -0.1) is 0 Å². The van der Waals surface area contributed by atoms with E-state index in [4.69, 9.17) is 11.0 Å². The second-order valence-electron chi connectivity index (χ2n) is 4.13. The molecule has 18 heavy (non-hydrogen) atoms. The normalized spacial score (nSPS) is 10.3. The Balaban J connectivity index is 2.54. The van der Waals surface area contributed by atoms with Crippen LogP contribution in [0, 0.1) is 11.3 Å². The van der Waals surface area contributed by atoms with Gasteiger partial charge in [0.15, 0.2) is 0 Å². The highest BCUT2D eigenvalue weighted by molar-refractivity contribution is 5.61. The van der Waals surface area contributed by atoms with Gasteiger partial charge in [-0.1, -0.05) is 13.8 Å². The molecule has 92 valence electrons. The minimum atomic E-state index is 0.567. The van der Waals surface area contributed by atoms with Gasteiger partial charge >= 0.3 is 0 Å². The molecule has 2 aromatic rings. The molecule has 0 aliphatic heterocycles. The van der Waals surface area contributed by atoms with Crippen molar-refractivity contribution in [2.24, 2.45) is 0 Å². The number of rotatable bonds is 3. The molecule has 0 unspecified atom stereocenters. The number of hydrogen-bond donors (Lipinski definition) is 1. The van der Waals surface area contributed by atoms with E-state index in [0.717, 1.165) is 29.9 Å². The Bertz CT molecular complexity index is 605. The highest BCUT2D eigenvalue weighted by Crippen LogP contribution is 2.21. The third-order valence-corrected chi connectivity index (χ3v) is 2.94. The summed E-state index contributed by atoms with van der Waals surface area (Å²) in [4.78, 5) is 0. The fourth-order valence-corrected chi connectivity index (χ4v) is 1.93. The van der Waals surface area contributed by atoms with Crippen molar-refractivity contribution in [3.63, 3.8) is 0 Å². The summed E-state index contributed by atoms with van der Waals surface area (Å²) in [5.74, 6) is 0. The summed E-state index contributed by atoms with van der Waals surface area (Å²) >= 11 is 0. The molecule has 0 saturated carbocycles. The predicted molar refractivity (Wildman–Crippen MR) is 71.4 cm³/mol. The number of aromatic nitrogens is 2. The average molecular weight is 240 g/mol. The number of aryl methyl sites for hydroxylation is 2. The smallest absolute Gasteiger partial charge is 0.0992 e. The molecule has 0 aliphatic rings. The van der Waals surface area contributed by atoms with Crippen LogP contribution in [0.5, 0.6) is 0 Å². The van der Waals surface area contributed by atoms with E-state index >= 15 is 0 Å². The topological polar surface area (TPSA) is 67.6 Å². The van der Waals surface area contributed by atoms with Gasteiger partial charge in [0, 0.05) is 5.69 Å². The van der Waals surface area contributed by atoms with Crippen LogP contribution in [0.4, 0.5) is 5.69 Å². The maximum atomic E-state index is 8.84. The van der Waals surface area contributed by atoms with Crippen LogP contribution in [0.1, 0.15) is 30.8 Å². The number of hydrogen-bond acceptors (Lipinski definition) is 3. The van der Waals surface area contributed by atoms with Crippen LogP contribution in [0.25, 0.3) is 5.69 Å². The van der Waals surface area contributed by atoms with E-state index in [-0.39, 0.29) is 0 Å². The van der Waals surface area contributed by atoms with Crippen molar-refractivity contribution in [1.29, 1.82) is 5.26 Å². The maximum absolute atomic E-state index is 8.84. The van der Waals surface area contributed by atoms with E-state index in [2.05, 4.69) is 31.1 Å². The Morgan fingerprint density at radius 3 is 2.61 bits per heavy atom. The number of nitrogen functional groups attached to an aromatic ring is 1. The van der Waals surface area contributed by atoms with Gasteiger partial charge in [-0.2, -0.15) is 10.4 Å². The molecule has 0 radical (unpaired) electrons. The number of nitrogens with zero attached hydrogens (tertiary/aromatic N) is 3. The molecule has 0 aliphatic carbocycles. The molecule has 1 aromatic carbocycles. The zero-order valence-electron chi connectivity index (χ0n) is 10.6. The van der Waals surface area contributed by atoms with Crippen LogP contribution < -0.4 is 5.73 Å². The summed E-state index contributed by atoms with van der Waals surface area (Å²) in [5.41, 5.74) is 10.2. The summed E-state index contributed by atoms with van der Waals surface area (Å²) in [6.07, 6.45) is 1.79. The van der Waals surface area contributed by atoms with E-state index in [9.17, 15) is 0 Å². The van der Waals surface area contributed by atoms with E-state index in [0.29, 0.717) is 11.3 Å². The van der Waals surface area contributed by atoms with Crippen LogP contribution in [-0.2, 0) is 12.8 Å². The highest BCUT2D eigenvalue weighted by Gasteiger charge is 2.10. The van der Waals surface area contributed by atoms with Gasteiger partial charge in [0.05, 0.1) is 28.7 Å². The maximum Gasteiger partial charge on any atom is 0.0992 e. The lowest BCUT2D eigenvalue weighted by molar-refractivity contribution is 0.796. The molecule has 4 nitrogen and oxygen atoms in total. The summed E-state index contributed by atoms with van der Waals surface area (Å²) in [5, 5.41) is 13.4. The summed E-state index contributed by atoms with van der Waals surface area (Å²) in [6.45, 7) is 4.17. The lowest BCUT2D eigenvalue weighted by Gasteiger charge is -2.09. The van der Waals surface area contributed by atoms with Crippen LogP contribution in [-0.4, -0.2) is 9.78 Å². The lowest BCUT2D eigenvalue weighted by Crippen LogP contribution is -2.05. The minimum absolute atomic E-state index is 0.567. The monoisotopic (exact) mass is 240 g/mol. The van der Waals surface area contributed by atoms with Crippen molar-refractivity contribution in [1.82, 2.24) is 9.78 Å². The molecule has 0 bridgehead atoms. The molecule has 1 aromatic heterocycles. The van der Waals surface area contributed by atoms with Gasteiger partial charge in [0.25, 0.3) is 0 Å². The fourth-order valence-electron chi connectivity index (χ4n) is 1.93. The third kappa shape index (κ3) is 2.07. The molecule has 0 atom stereocenters. The number of benzene rings is 1. The predicted octanol–water partition coefficient (Wildman–Crippen LogP) is 2.45. The standard InChI is InChI=1S/C14H16N4/c1-3-11-8-12(4-2)18(17-11)14-6-5-10(9-15)7-13(14)16/h5-8H,3-4,16H2,1-2H3. The molecule has 0 spiro atoms. The van der Waals surface area contributed by atoms with Gasteiger partial charge in [0.2, 0.25) is 0 Å². The summed E-state index contributed by atoms with van der Waals surface area (Å²) in [7, 11) is 0. The second kappa shape index (κ2) is 4.92. The zero-order chi connectivity index (χ0) is 13.1. The highest BCUT2D eigenvalue weighted by atomic mass is 15.3. The fraction of sp³-hybridized carbons (Fsp3) is 0.286. The lowest BCUT2D eigenvalue weighted by atomic mass is 10.2. The number of anilines is 1. The number of nitrogens with two attached hydrogens (primary N) is 1. The molecular weight excluding hydrogens is 224 g/mol. The first-order valence-corrected chi connectivity index (χ1v) is 6.07. The van der Waals surface area contributed by atoms with Crippen LogP contribution >= 0.6 is 0 Å². The van der Waals surface area contributed by atoms with Crippen molar-refractivity contribution in [3.05, 3.63) is 41.2 Å². The van der Waals surface area contributed by atoms with E-state index in [1.54, 1.807) is 12.1 Å². The van der Waals surface area contributed by atoms with E-state index in [1.807, 2.05) is 10.7 Å². The minimum Gasteiger partial charge on any atom is -0.397 e. The van der Waals surface area contributed by atoms with Crippen molar-refractivity contribution < 1.29 is 0 Å². The SMILES string of the molecule is CCc1cc(CC)n(-c2ccc(C#N)cc2N)n1. The zero-order valence-corrected chi connectivity index (χ0v) is 10.6. The van der Waals surface area contributed by atoms with E-state index in [1.165, 1.54) is 0 Å². The third-order valence-electron chi connectivity index (χ3n) is 2.94. The Kier molecular flexibility index (Phi) is 3.33. The average Bonchev–Trinajstić information content (AvgIpc) is 2.81. The first-order valence-electron chi connectivity index (χ1n) is 6.07. The molecule has 0 saturated heterocycles. The van der Waals surface area contributed by atoms with Crippen LogP contribution in [0.15, 0.2) is 24.3 Å². The Hall–Kier alpha value is -2.28. The largest absolute Gasteiger partial charge is 0.397 e. The van der Waals surface area contributed by atoms with Gasteiger partial charge in [-0.25, -0.2) is 4.68 Å². The van der Waals surface area contributed by atoms with Crippen molar-refractivity contribution in [3.8, 4) is 11.8 Å². The Morgan fingerprint density at radius 2 is 2.06 bits per heavy atom. The number of nitriles is 1. The van der Waals surface area contributed by atoms with Gasteiger partial charge in [-0.3, -0.25) is 0 Å². The van der Waals surface area contributed by atoms with Gasteiger partial charge in [0.1, 0.15) is 0 Å². The van der Waals surface area contributed by atoms with Crippen molar-refractivity contribution in [2.75, 3.05) is 5.73 Å². The summed E-state index contributed by atoms with van der Waals surface area (Å²) in [6, 6.07) is 9.47. The van der Waals surface area contributed by atoms with Crippen molar-refractivity contribution >= 4 is 5.69 Å². The molecule has 1 heterocycles. The molecular formula is C14H16N4. The Morgan fingerprint density at radius 1 is 1.28 bits per heavy atom. The first kappa shape index (κ1) is 12.2. The van der Waals surface area contributed by atoms with Crippen LogP contribution in [0.2, 0.25) is 0 Å². The molecule has 2 N–H and O–H groups in total. The Labute approximate surface area is 107 Å². The van der Waals surface area contributed by atoms with Crippen LogP contribution in [0.3, 0.4) is 0 Å². The summed E-state index contributed by atoms with van der Waals surface area (Å²) < 4.78 is 1.87. The van der Waals surface area contributed by atoms with Gasteiger partial charge < -0.3 is 5.73 Å². The molecule has 4 heteroatoms.